The zero-order valence-corrected chi connectivity index (χ0v) is 20.3. The van der Waals surface area contributed by atoms with Crippen molar-refractivity contribution in [3.05, 3.63) is 83.9 Å². The Morgan fingerprint density at radius 1 is 0.829 bits per heavy atom. The van der Waals surface area contributed by atoms with Crippen molar-refractivity contribution >= 4 is 28.7 Å². The highest BCUT2D eigenvalue weighted by atomic mass is 16.5. The van der Waals surface area contributed by atoms with E-state index in [1.165, 1.54) is 7.11 Å². The van der Waals surface area contributed by atoms with Gasteiger partial charge in [0.1, 0.15) is 18.7 Å². The van der Waals surface area contributed by atoms with E-state index in [1.54, 1.807) is 0 Å². The molecule has 0 spiro atoms. The van der Waals surface area contributed by atoms with E-state index in [0.29, 0.717) is 6.42 Å². The Hall–Kier alpha value is -3.87. The molecule has 0 aliphatic carbocycles. The molecule has 3 aromatic carbocycles. The molecule has 7 nitrogen and oxygen atoms in total. The Labute approximate surface area is 205 Å². The van der Waals surface area contributed by atoms with Crippen LogP contribution >= 0.6 is 0 Å². The van der Waals surface area contributed by atoms with Crippen LogP contribution in [0, 0.1) is 5.92 Å². The van der Waals surface area contributed by atoms with Gasteiger partial charge in [-0.25, -0.2) is 9.59 Å². The highest BCUT2D eigenvalue weighted by Crippen LogP contribution is 2.20. The molecule has 35 heavy (non-hydrogen) atoms. The van der Waals surface area contributed by atoms with Gasteiger partial charge in [-0.15, -0.1) is 0 Å². The summed E-state index contributed by atoms with van der Waals surface area (Å²) < 4.78 is 10.2. The predicted octanol–water partition coefficient (Wildman–Crippen LogP) is 4.38. The molecule has 0 bridgehead atoms. The van der Waals surface area contributed by atoms with Crippen molar-refractivity contribution in [2.45, 2.75) is 45.4 Å². The van der Waals surface area contributed by atoms with Gasteiger partial charge in [-0.05, 0) is 34.2 Å². The van der Waals surface area contributed by atoms with Gasteiger partial charge in [0.15, 0.2) is 0 Å². The highest BCUT2D eigenvalue weighted by molar-refractivity contribution is 5.91. The average molecular weight is 477 g/mol. The minimum absolute atomic E-state index is 0.0918. The third kappa shape index (κ3) is 7.57. The fourth-order valence-electron chi connectivity index (χ4n) is 3.91. The molecule has 0 aliphatic rings. The number of esters is 1. The molecule has 0 saturated carbocycles. The van der Waals surface area contributed by atoms with Gasteiger partial charge < -0.3 is 20.1 Å². The summed E-state index contributed by atoms with van der Waals surface area (Å²) in [6.07, 6.45) is -0.0561. The van der Waals surface area contributed by atoms with Gasteiger partial charge in [0.05, 0.1) is 7.11 Å². The fourth-order valence-corrected chi connectivity index (χ4v) is 3.91. The van der Waals surface area contributed by atoms with Crippen LogP contribution < -0.4 is 10.6 Å². The summed E-state index contributed by atoms with van der Waals surface area (Å²) in [5, 5.41) is 7.47. The van der Waals surface area contributed by atoms with Crippen molar-refractivity contribution in [1.82, 2.24) is 10.6 Å². The van der Waals surface area contributed by atoms with E-state index in [0.717, 1.165) is 21.9 Å². The van der Waals surface area contributed by atoms with Gasteiger partial charge in [0.25, 0.3) is 0 Å². The molecule has 0 heterocycles. The zero-order valence-electron chi connectivity index (χ0n) is 20.3. The third-order valence-electron chi connectivity index (χ3n) is 5.63. The summed E-state index contributed by atoms with van der Waals surface area (Å²) in [6.45, 7) is 3.99. The first-order chi connectivity index (χ1) is 16.9. The van der Waals surface area contributed by atoms with Crippen molar-refractivity contribution in [1.29, 1.82) is 0 Å². The molecule has 0 aromatic heterocycles. The average Bonchev–Trinajstić information content (AvgIpc) is 2.86. The topological polar surface area (TPSA) is 93.7 Å². The number of nitrogens with one attached hydrogen (secondary N) is 2. The van der Waals surface area contributed by atoms with Crippen LogP contribution in [0.4, 0.5) is 4.79 Å². The first-order valence-electron chi connectivity index (χ1n) is 11.7. The van der Waals surface area contributed by atoms with Gasteiger partial charge in [-0.3, -0.25) is 4.79 Å². The van der Waals surface area contributed by atoms with Crippen LogP contribution in [-0.4, -0.2) is 37.2 Å². The molecule has 0 fully saturated rings. The predicted molar refractivity (Wildman–Crippen MR) is 135 cm³/mol. The fraction of sp³-hybridized carbons (Fsp3) is 0.321. The molecular formula is C28H32N2O5. The van der Waals surface area contributed by atoms with Crippen LogP contribution in [0.15, 0.2) is 72.8 Å². The van der Waals surface area contributed by atoms with Crippen LogP contribution in [0.2, 0.25) is 0 Å². The zero-order chi connectivity index (χ0) is 25.2. The van der Waals surface area contributed by atoms with Crippen LogP contribution in [-0.2, 0) is 32.1 Å². The number of hydrogen-bond acceptors (Lipinski definition) is 5. The molecule has 0 aliphatic heterocycles. The number of alkyl carbamates (subject to hydrolysis) is 1. The second-order valence-electron chi connectivity index (χ2n) is 8.81. The first-order valence-corrected chi connectivity index (χ1v) is 11.7. The minimum Gasteiger partial charge on any atom is -0.467 e. The SMILES string of the molecule is COC(=O)[C@H](Cc1cccc2ccccc12)NC(=O)[C@H](CC(C)C)NC(=O)OCc1ccccc1. The smallest absolute Gasteiger partial charge is 0.408 e. The third-order valence-corrected chi connectivity index (χ3v) is 5.63. The summed E-state index contributed by atoms with van der Waals surface area (Å²) in [5.41, 5.74) is 1.75. The second-order valence-corrected chi connectivity index (χ2v) is 8.81. The van der Waals surface area contributed by atoms with Crippen LogP contribution in [0.3, 0.4) is 0 Å². The lowest BCUT2D eigenvalue weighted by Gasteiger charge is -2.23. The van der Waals surface area contributed by atoms with E-state index in [9.17, 15) is 14.4 Å². The maximum absolute atomic E-state index is 13.2. The van der Waals surface area contributed by atoms with Crippen molar-refractivity contribution in [3.8, 4) is 0 Å². The summed E-state index contributed by atoms with van der Waals surface area (Å²) in [6, 6.07) is 21.2. The summed E-state index contributed by atoms with van der Waals surface area (Å²) in [5.74, 6) is -0.901. The van der Waals surface area contributed by atoms with Crippen LogP contribution in [0.5, 0.6) is 0 Å². The van der Waals surface area contributed by atoms with Gasteiger partial charge in [0, 0.05) is 6.42 Å². The van der Waals surface area contributed by atoms with E-state index >= 15 is 0 Å². The lowest BCUT2D eigenvalue weighted by Crippen LogP contribution is -2.53. The Morgan fingerprint density at radius 2 is 1.51 bits per heavy atom. The molecule has 7 heteroatoms. The maximum atomic E-state index is 13.2. The number of amides is 2. The van der Waals surface area contributed by atoms with Gasteiger partial charge in [-0.2, -0.15) is 0 Å². The van der Waals surface area contributed by atoms with E-state index in [2.05, 4.69) is 10.6 Å². The Kier molecular flexibility index (Phi) is 9.23. The molecular weight excluding hydrogens is 444 g/mol. The molecule has 184 valence electrons. The quantitative estimate of drug-likeness (QED) is 0.424. The van der Waals surface area contributed by atoms with Gasteiger partial charge >= 0.3 is 12.1 Å². The normalized spacial score (nSPS) is 12.6. The van der Waals surface area contributed by atoms with E-state index in [4.69, 9.17) is 9.47 Å². The first kappa shape index (κ1) is 25.7. The summed E-state index contributed by atoms with van der Waals surface area (Å²) >= 11 is 0. The van der Waals surface area contributed by atoms with Crippen LogP contribution in [0.25, 0.3) is 10.8 Å². The van der Waals surface area contributed by atoms with Crippen molar-refractivity contribution < 1.29 is 23.9 Å². The molecule has 2 atom stereocenters. The minimum atomic E-state index is -0.907. The molecule has 3 rings (SSSR count). The number of ether oxygens (including phenoxy) is 2. The van der Waals surface area contributed by atoms with E-state index in [-0.39, 0.29) is 18.9 Å². The Morgan fingerprint density at radius 3 is 2.23 bits per heavy atom. The number of fused-ring (bicyclic) bond motifs is 1. The number of benzene rings is 3. The number of carbonyl (C=O) groups is 3. The second kappa shape index (κ2) is 12.6. The summed E-state index contributed by atoms with van der Waals surface area (Å²) in [7, 11) is 1.29. The molecule has 0 radical (unpaired) electrons. The Bertz CT molecular complexity index is 1140. The largest absolute Gasteiger partial charge is 0.467 e. The van der Waals surface area contributed by atoms with Crippen molar-refractivity contribution in [3.63, 3.8) is 0 Å². The number of carbonyl (C=O) groups excluding carboxylic acids is 3. The standard InChI is InChI=1S/C28H32N2O5/c1-19(2)16-24(30-28(33)35-18-20-10-5-4-6-11-20)26(31)29-25(27(32)34-3)17-22-14-9-13-21-12-7-8-15-23(21)22/h4-15,19,24-25H,16-18H2,1-3H3,(H,29,31)(H,30,33)/t24-,25-/m0/s1. The van der Waals surface area contributed by atoms with Gasteiger partial charge in [0.2, 0.25) is 5.91 Å². The van der Waals surface area contributed by atoms with Crippen molar-refractivity contribution in [2.75, 3.05) is 7.11 Å². The molecule has 0 saturated heterocycles. The lowest BCUT2D eigenvalue weighted by atomic mass is 9.98. The molecule has 2 amide bonds. The van der Waals surface area contributed by atoms with E-state index < -0.39 is 30.1 Å². The number of methoxy groups -OCH3 is 1. The molecule has 3 aromatic rings. The number of rotatable bonds is 10. The maximum Gasteiger partial charge on any atom is 0.408 e. The summed E-state index contributed by atoms with van der Waals surface area (Å²) in [4.78, 5) is 38.2. The molecule has 0 unspecified atom stereocenters. The van der Waals surface area contributed by atoms with Crippen LogP contribution in [0.1, 0.15) is 31.4 Å². The highest BCUT2D eigenvalue weighted by Gasteiger charge is 2.28. The lowest BCUT2D eigenvalue weighted by molar-refractivity contribution is -0.145. The monoisotopic (exact) mass is 476 g/mol. The van der Waals surface area contributed by atoms with E-state index in [1.807, 2.05) is 86.6 Å². The van der Waals surface area contributed by atoms with Crippen molar-refractivity contribution in [2.24, 2.45) is 5.92 Å². The Balaban J connectivity index is 1.71. The van der Waals surface area contributed by atoms with Gasteiger partial charge in [-0.1, -0.05) is 86.6 Å². The molecule has 2 N–H and O–H groups in total. The number of hydrogen-bond donors (Lipinski definition) is 2.